The Hall–Kier alpha value is -2.71. The van der Waals surface area contributed by atoms with E-state index in [-0.39, 0.29) is 12.0 Å². The second-order valence-electron chi connectivity index (χ2n) is 5.70. The number of methoxy groups -OCH3 is 1. The van der Waals surface area contributed by atoms with Gasteiger partial charge in [-0.2, -0.15) is 0 Å². The molecule has 0 bridgehead atoms. The zero-order valence-corrected chi connectivity index (χ0v) is 14.4. The normalized spacial score (nSPS) is 12.0. The highest BCUT2D eigenvalue weighted by Gasteiger charge is 2.16. The first-order chi connectivity index (χ1) is 11.8. The molecule has 0 saturated heterocycles. The molecule has 134 valence electrons. The number of esters is 1. The van der Waals surface area contributed by atoms with Crippen molar-refractivity contribution in [2.45, 2.75) is 26.0 Å². The molecule has 3 N–H and O–H groups in total. The van der Waals surface area contributed by atoms with Gasteiger partial charge in [0.25, 0.3) is 5.56 Å². The largest absolute Gasteiger partial charge is 0.468 e. The van der Waals surface area contributed by atoms with Crippen LogP contribution in [0.15, 0.2) is 33.9 Å². The van der Waals surface area contributed by atoms with Gasteiger partial charge in [-0.3, -0.25) is 9.59 Å². The summed E-state index contributed by atoms with van der Waals surface area (Å²) in [6.07, 6.45) is 0.273. The van der Waals surface area contributed by atoms with Crippen molar-refractivity contribution in [1.29, 1.82) is 0 Å². The minimum atomic E-state index is -0.785. The molecule has 0 aliphatic carbocycles. The summed E-state index contributed by atoms with van der Waals surface area (Å²) >= 11 is 0. The van der Waals surface area contributed by atoms with Gasteiger partial charge in [0.05, 0.1) is 25.0 Å². The van der Waals surface area contributed by atoms with Crippen molar-refractivity contribution in [3.63, 3.8) is 0 Å². The molecule has 1 heterocycles. The Bertz CT molecular complexity index is 896. The van der Waals surface area contributed by atoms with Gasteiger partial charge in [0, 0.05) is 12.7 Å². The van der Waals surface area contributed by atoms with Crippen LogP contribution in [0.5, 0.6) is 0 Å². The summed E-state index contributed by atoms with van der Waals surface area (Å²) in [5.41, 5.74) is 6.39. The molecular weight excluding hydrogens is 326 g/mol. The van der Waals surface area contributed by atoms with E-state index in [9.17, 15) is 19.5 Å². The van der Waals surface area contributed by atoms with Crippen molar-refractivity contribution in [3.05, 3.63) is 61.9 Å². The smallest absolute Gasteiger partial charge is 0.335 e. The predicted molar refractivity (Wildman–Crippen MR) is 91.6 cm³/mol. The van der Waals surface area contributed by atoms with Gasteiger partial charge in [-0.15, -0.1) is 0 Å². The molecule has 8 nitrogen and oxygen atoms in total. The van der Waals surface area contributed by atoms with Gasteiger partial charge in [-0.05, 0) is 31.0 Å². The number of benzene rings is 1. The number of hydrogen-bond donors (Lipinski definition) is 2. The summed E-state index contributed by atoms with van der Waals surface area (Å²) in [7, 11) is 2.81. The predicted octanol–water partition coefficient (Wildman–Crippen LogP) is -0.620. The average Bonchev–Trinajstić information content (AvgIpc) is 2.61. The fraction of sp³-hybridized carbons (Fsp3) is 0.353. The summed E-state index contributed by atoms with van der Waals surface area (Å²) in [5.74, 6) is -0.514. The molecule has 2 aromatic rings. The van der Waals surface area contributed by atoms with Crippen molar-refractivity contribution in [2.24, 2.45) is 12.8 Å². The summed E-state index contributed by atoms with van der Waals surface area (Å²) in [5, 5.41) is 9.42. The third kappa shape index (κ3) is 3.54. The molecule has 25 heavy (non-hydrogen) atoms. The minimum absolute atomic E-state index is 0.166. The summed E-state index contributed by atoms with van der Waals surface area (Å²) in [4.78, 5) is 36.3. The number of hydrogen-bond acceptors (Lipinski definition) is 6. The number of carbonyl (C=O) groups is 1. The zero-order chi connectivity index (χ0) is 18.7. The molecule has 0 aliphatic heterocycles. The molecule has 0 fully saturated rings. The summed E-state index contributed by atoms with van der Waals surface area (Å²) in [6.45, 7) is 1.15. The number of aliphatic hydroxyl groups is 1. The monoisotopic (exact) mass is 347 g/mol. The third-order valence-electron chi connectivity index (χ3n) is 4.19. The van der Waals surface area contributed by atoms with Crippen LogP contribution in [-0.4, -0.2) is 33.4 Å². The lowest BCUT2D eigenvalue weighted by Gasteiger charge is -2.14. The Morgan fingerprint density at radius 3 is 2.40 bits per heavy atom. The van der Waals surface area contributed by atoms with Gasteiger partial charge >= 0.3 is 11.7 Å². The van der Waals surface area contributed by atoms with E-state index in [1.54, 1.807) is 31.2 Å². The highest BCUT2D eigenvalue weighted by atomic mass is 16.5. The highest BCUT2D eigenvalue weighted by molar-refractivity contribution is 5.75. The topological polar surface area (TPSA) is 117 Å². The Balaban J connectivity index is 2.45. The Kier molecular flexibility index (Phi) is 5.55. The fourth-order valence-electron chi connectivity index (χ4n) is 2.55. The molecule has 0 saturated carbocycles. The van der Waals surface area contributed by atoms with Gasteiger partial charge in [0.1, 0.15) is 6.04 Å². The first kappa shape index (κ1) is 18.6. The molecule has 0 spiro atoms. The fourth-order valence-corrected chi connectivity index (χ4v) is 2.55. The molecule has 0 aliphatic rings. The van der Waals surface area contributed by atoms with Gasteiger partial charge in [-0.1, -0.05) is 12.1 Å². The van der Waals surface area contributed by atoms with Crippen LogP contribution < -0.4 is 17.0 Å². The molecule has 2 rings (SSSR count). The number of nitrogens with two attached hydrogens (primary N) is 1. The van der Waals surface area contributed by atoms with Crippen molar-refractivity contribution >= 4 is 5.97 Å². The number of ether oxygens (including phenoxy) is 1. The Labute approximate surface area is 144 Å². The molecule has 1 aromatic carbocycles. The molecule has 1 atom stereocenters. The maximum Gasteiger partial charge on any atom is 0.335 e. The Morgan fingerprint density at radius 1 is 1.28 bits per heavy atom. The van der Waals surface area contributed by atoms with Crippen molar-refractivity contribution in [1.82, 2.24) is 9.13 Å². The quantitative estimate of drug-likeness (QED) is 0.696. The summed E-state index contributed by atoms with van der Waals surface area (Å²) < 4.78 is 6.90. The first-order valence-electron chi connectivity index (χ1n) is 7.66. The van der Waals surface area contributed by atoms with Gasteiger partial charge < -0.3 is 20.1 Å². The second kappa shape index (κ2) is 7.45. The molecule has 8 heteroatoms. The lowest BCUT2D eigenvalue weighted by Crippen LogP contribution is -2.41. The minimum Gasteiger partial charge on any atom is -0.468 e. The van der Waals surface area contributed by atoms with Crippen LogP contribution in [0.25, 0.3) is 5.69 Å². The molecular formula is C17H21N3O5. The molecule has 1 aromatic heterocycles. The number of nitrogens with zero attached hydrogens (tertiary/aromatic N) is 2. The second-order valence-corrected chi connectivity index (χ2v) is 5.70. The van der Waals surface area contributed by atoms with E-state index in [1.165, 1.54) is 18.7 Å². The SMILES string of the molecule is COC(=O)C(N)Cc1ccc(-n2c(=O)c(CO)c(C)n(C)c2=O)cc1. The lowest BCUT2D eigenvalue weighted by molar-refractivity contribution is -0.142. The van der Waals surface area contributed by atoms with E-state index in [4.69, 9.17) is 5.73 Å². The standard InChI is InChI=1S/C17H21N3O5/c1-10-13(9-21)15(22)20(17(24)19(10)2)12-6-4-11(5-7-12)8-14(18)16(23)25-3/h4-7,14,21H,8-9,18H2,1-3H3. The molecule has 0 radical (unpaired) electrons. The van der Waals surface area contributed by atoms with Crippen LogP contribution in [0.2, 0.25) is 0 Å². The van der Waals surface area contributed by atoms with E-state index in [1.807, 2.05) is 0 Å². The number of rotatable bonds is 5. The zero-order valence-electron chi connectivity index (χ0n) is 14.4. The Morgan fingerprint density at radius 2 is 1.88 bits per heavy atom. The van der Waals surface area contributed by atoms with Gasteiger partial charge in [0.15, 0.2) is 0 Å². The summed E-state index contributed by atoms with van der Waals surface area (Å²) in [6, 6.07) is 5.77. The lowest BCUT2D eigenvalue weighted by atomic mass is 10.1. The first-order valence-corrected chi connectivity index (χ1v) is 7.66. The molecule has 0 amide bonds. The van der Waals surface area contributed by atoms with Crippen molar-refractivity contribution in [3.8, 4) is 5.69 Å². The third-order valence-corrected chi connectivity index (χ3v) is 4.19. The van der Waals surface area contributed by atoms with Crippen LogP contribution in [0, 0.1) is 6.92 Å². The number of carbonyl (C=O) groups excluding carboxylic acids is 1. The molecule has 1 unspecified atom stereocenters. The highest BCUT2D eigenvalue weighted by Crippen LogP contribution is 2.10. The van der Waals surface area contributed by atoms with Crippen molar-refractivity contribution in [2.75, 3.05) is 7.11 Å². The van der Waals surface area contributed by atoms with E-state index in [2.05, 4.69) is 4.74 Å². The van der Waals surface area contributed by atoms with Crippen LogP contribution in [0.4, 0.5) is 0 Å². The average molecular weight is 347 g/mol. The van der Waals surface area contributed by atoms with E-state index < -0.39 is 29.9 Å². The van der Waals surface area contributed by atoms with Crippen LogP contribution in [0.1, 0.15) is 16.8 Å². The van der Waals surface area contributed by atoms with Crippen LogP contribution >= 0.6 is 0 Å². The van der Waals surface area contributed by atoms with Crippen LogP contribution in [0.3, 0.4) is 0 Å². The van der Waals surface area contributed by atoms with Gasteiger partial charge in [-0.25, -0.2) is 9.36 Å². The van der Waals surface area contributed by atoms with Crippen molar-refractivity contribution < 1.29 is 14.6 Å². The maximum atomic E-state index is 12.5. The van der Waals surface area contributed by atoms with E-state index in [0.29, 0.717) is 11.4 Å². The van der Waals surface area contributed by atoms with Crippen LogP contribution in [-0.2, 0) is 29.6 Å². The number of aromatic nitrogens is 2. The number of aliphatic hydroxyl groups excluding tert-OH is 1. The van der Waals surface area contributed by atoms with Gasteiger partial charge in [0.2, 0.25) is 0 Å². The van der Waals surface area contributed by atoms with E-state index >= 15 is 0 Å². The van der Waals surface area contributed by atoms with E-state index in [0.717, 1.165) is 10.1 Å². The maximum absolute atomic E-state index is 12.5.